The van der Waals surface area contributed by atoms with Gasteiger partial charge in [-0.05, 0) is 136 Å². The van der Waals surface area contributed by atoms with Gasteiger partial charge in [-0.3, -0.25) is 18.2 Å². The first-order valence-electron chi connectivity index (χ1n) is 21.0. The zero-order chi connectivity index (χ0) is 48.6. The number of benzene rings is 3. The molecule has 0 saturated heterocycles. The number of allylic oxidation sites excluding steroid dienone is 7. The maximum absolute atomic E-state index is 12.2. The predicted octanol–water partition coefficient (Wildman–Crippen LogP) is 7.27. The Morgan fingerprint density at radius 3 is 1.94 bits per heavy atom. The summed E-state index contributed by atoms with van der Waals surface area (Å²) in [5, 5.41) is 9.84. The van der Waals surface area contributed by atoms with Crippen molar-refractivity contribution in [2.24, 2.45) is 0 Å². The molecular weight excluding hydrogens is 937 g/mol. The molecule has 0 bridgehead atoms. The van der Waals surface area contributed by atoms with Crippen LogP contribution in [-0.2, 0) is 51.3 Å². The first-order valence-corrected chi connectivity index (χ1v) is 27.1. The number of anilines is 1. The van der Waals surface area contributed by atoms with Crippen LogP contribution >= 0.6 is 0 Å². The van der Waals surface area contributed by atoms with E-state index in [1.807, 2.05) is 61.5 Å². The molecule has 21 heteroatoms. The molecule has 6 rings (SSSR count). The molecule has 3 aliphatic rings. The summed E-state index contributed by atoms with van der Waals surface area (Å²) in [7, 11) is -17.5. The van der Waals surface area contributed by atoms with Crippen LogP contribution in [0.2, 0.25) is 0 Å². The lowest BCUT2D eigenvalue weighted by molar-refractivity contribution is -0.438. The van der Waals surface area contributed by atoms with Gasteiger partial charge >= 0.3 is 5.97 Å². The normalized spacial score (nSPS) is 18.7. The average Bonchev–Trinajstić information content (AvgIpc) is 3.55. The monoisotopic (exact) mass is 989 g/mol. The van der Waals surface area contributed by atoms with Crippen LogP contribution in [0.5, 0.6) is 5.75 Å². The minimum absolute atomic E-state index is 0.0945. The molecule has 17 nitrogen and oxygen atoms in total. The van der Waals surface area contributed by atoms with E-state index < -0.39 is 68.8 Å². The Kier molecular flexibility index (Phi) is 14.5. The molecule has 0 atom stereocenters. The van der Waals surface area contributed by atoms with Crippen LogP contribution in [-0.4, -0.2) is 97.8 Å². The molecule has 0 radical (unpaired) electrons. The molecule has 3 aromatic carbocycles. The van der Waals surface area contributed by atoms with E-state index in [1.165, 1.54) is 42.5 Å². The van der Waals surface area contributed by atoms with Crippen LogP contribution in [0.25, 0.3) is 0 Å². The van der Waals surface area contributed by atoms with Crippen molar-refractivity contribution in [2.75, 3.05) is 29.5 Å². The molecule has 2 aliphatic heterocycles. The lowest BCUT2D eigenvalue weighted by Crippen LogP contribution is -2.28. The van der Waals surface area contributed by atoms with Crippen LogP contribution in [0.15, 0.2) is 117 Å². The van der Waals surface area contributed by atoms with Gasteiger partial charge in [0.1, 0.15) is 18.1 Å². The number of ether oxygens (including phenoxy) is 1. The minimum atomic E-state index is -4.57. The number of carboxylic acids is 1. The number of fused-ring (bicyclic) bond motifs is 2. The SMILES string of the molecule is CC1(C)C(/C=C/C2=C(Oc3ccc(S(=O)(=O)O)cc3)C(=C/C=C3/N(CCCCS(=O)(=O)O)c4ccc(S(=O)(=O)O)cc4C3(C)C)/CCC2)=[N+](CCCCS(=O)(=O)O)c2ccc(C(=O)O)cc21. The third-order valence-electron chi connectivity index (χ3n) is 12.1. The lowest BCUT2D eigenvalue weighted by atomic mass is 9.80. The van der Waals surface area contributed by atoms with E-state index in [1.54, 1.807) is 18.2 Å². The quantitative estimate of drug-likeness (QED) is 0.0476. The molecule has 66 heavy (non-hydrogen) atoms. The van der Waals surface area contributed by atoms with Crippen molar-refractivity contribution < 1.29 is 71.1 Å². The molecule has 0 fully saturated rings. The molecule has 0 spiro atoms. The second-order valence-electron chi connectivity index (χ2n) is 17.4. The number of rotatable bonds is 18. The number of hydrogen-bond donors (Lipinski definition) is 5. The Labute approximate surface area is 385 Å². The largest absolute Gasteiger partial charge is 0.478 e. The molecule has 0 unspecified atom stereocenters. The van der Waals surface area contributed by atoms with Gasteiger partial charge < -0.3 is 14.7 Å². The maximum Gasteiger partial charge on any atom is 0.335 e. The maximum atomic E-state index is 12.2. The highest BCUT2D eigenvalue weighted by Gasteiger charge is 2.45. The number of nitrogens with zero attached hydrogens (tertiary/aromatic N) is 2. The van der Waals surface area contributed by atoms with E-state index in [0.29, 0.717) is 61.4 Å². The van der Waals surface area contributed by atoms with Gasteiger partial charge in [-0.2, -0.15) is 38.2 Å². The standard InChI is InChI=1S/C45H52N2O15S4/c1-44(2)36-28-32(43(48)49)12-20-38(36)46(24-5-7-26-63(50,51)52)40(44)22-13-30-10-9-11-31(42(30)62-33-15-17-34(18-16-33)65(56,57)58)14-23-41-45(3,4)37-29-35(66(59,60)61)19-21-39(37)47(41)25-6-8-27-64(53,54)55/h12-23,28-29H,5-11,24-27H2,1-4H3,(H4-,48,49,50,51,52,53,54,55,56,57,58,59,60,61)/p+1. The molecule has 5 N–H and O–H groups in total. The highest BCUT2D eigenvalue weighted by molar-refractivity contribution is 7.86. The molecule has 3 aromatic rings. The molecule has 356 valence electrons. The van der Waals surface area contributed by atoms with Crippen LogP contribution in [0.3, 0.4) is 0 Å². The Bertz CT molecular complexity index is 3060. The summed E-state index contributed by atoms with van der Waals surface area (Å²) in [5.41, 5.74) is 4.13. The molecule has 0 amide bonds. The minimum Gasteiger partial charge on any atom is -0.478 e. The molecule has 2 heterocycles. The van der Waals surface area contributed by atoms with Gasteiger partial charge in [0.15, 0.2) is 5.71 Å². The van der Waals surface area contributed by atoms with Gasteiger partial charge in [-0.25, -0.2) is 4.79 Å². The van der Waals surface area contributed by atoms with Crippen molar-refractivity contribution in [1.82, 2.24) is 0 Å². The lowest BCUT2D eigenvalue weighted by Gasteiger charge is -2.27. The molecule has 0 aromatic heterocycles. The van der Waals surface area contributed by atoms with Crippen molar-refractivity contribution in [3.63, 3.8) is 0 Å². The summed E-state index contributed by atoms with van der Waals surface area (Å²) in [6, 6.07) is 14.3. The molecular formula is C45H53N2O15S4+. The third kappa shape index (κ3) is 11.6. The van der Waals surface area contributed by atoms with Crippen molar-refractivity contribution in [2.45, 2.75) is 93.3 Å². The number of hydrogen-bond acceptors (Lipinski definition) is 11. The van der Waals surface area contributed by atoms with Gasteiger partial charge in [0.2, 0.25) is 5.69 Å². The van der Waals surface area contributed by atoms with Crippen LogP contribution < -0.4 is 9.64 Å². The Hall–Kier alpha value is -5.00. The Balaban J connectivity index is 1.48. The van der Waals surface area contributed by atoms with Crippen LogP contribution in [0, 0.1) is 0 Å². The number of aromatic carboxylic acids is 1. The summed E-state index contributed by atoms with van der Waals surface area (Å²) < 4.78 is 141. The fourth-order valence-electron chi connectivity index (χ4n) is 8.72. The van der Waals surface area contributed by atoms with Gasteiger partial charge in [0, 0.05) is 47.5 Å². The van der Waals surface area contributed by atoms with E-state index in [2.05, 4.69) is 0 Å². The summed E-state index contributed by atoms with van der Waals surface area (Å²) in [6.45, 7) is 8.30. The summed E-state index contributed by atoms with van der Waals surface area (Å²) >= 11 is 0. The Morgan fingerprint density at radius 2 is 1.33 bits per heavy atom. The Morgan fingerprint density at radius 1 is 0.712 bits per heavy atom. The van der Waals surface area contributed by atoms with Crippen molar-refractivity contribution in [1.29, 1.82) is 0 Å². The third-order valence-corrected chi connectivity index (χ3v) is 15.4. The second kappa shape index (κ2) is 18.9. The average molecular weight is 990 g/mol. The van der Waals surface area contributed by atoms with Crippen molar-refractivity contribution in [3.8, 4) is 5.75 Å². The topological polar surface area (TPSA) is 270 Å². The summed E-state index contributed by atoms with van der Waals surface area (Å²) in [5.74, 6) is -1.30. The zero-order valence-corrected chi connectivity index (χ0v) is 40.0. The van der Waals surface area contributed by atoms with Gasteiger partial charge in [-0.15, -0.1) is 0 Å². The summed E-state index contributed by atoms with van der Waals surface area (Å²) in [4.78, 5) is 13.3. The van der Waals surface area contributed by atoms with E-state index in [0.717, 1.165) is 28.1 Å². The zero-order valence-electron chi connectivity index (χ0n) is 36.7. The highest BCUT2D eigenvalue weighted by atomic mass is 32.2. The van der Waals surface area contributed by atoms with Crippen molar-refractivity contribution in [3.05, 3.63) is 124 Å². The van der Waals surface area contributed by atoms with E-state index >= 15 is 0 Å². The van der Waals surface area contributed by atoms with E-state index in [9.17, 15) is 61.8 Å². The molecule has 1 aliphatic carbocycles. The summed E-state index contributed by atoms with van der Waals surface area (Å²) in [6.07, 6.45) is 10.2. The van der Waals surface area contributed by atoms with E-state index in [4.69, 9.17) is 4.74 Å². The van der Waals surface area contributed by atoms with Gasteiger partial charge in [-0.1, -0.05) is 19.9 Å². The number of carboxylic acid groups (broad SMARTS) is 1. The fourth-order valence-corrected chi connectivity index (χ4v) is 10.8. The van der Waals surface area contributed by atoms with Gasteiger partial charge in [0.25, 0.3) is 40.5 Å². The van der Waals surface area contributed by atoms with Gasteiger partial charge in [0.05, 0.1) is 32.3 Å². The van der Waals surface area contributed by atoms with Crippen LogP contribution in [0.1, 0.15) is 94.1 Å². The first kappa shape index (κ1) is 50.4. The predicted molar refractivity (Wildman–Crippen MR) is 247 cm³/mol. The van der Waals surface area contributed by atoms with Crippen LogP contribution in [0.4, 0.5) is 11.4 Å². The number of carbonyl (C=O) groups is 1. The number of unbranched alkanes of at least 4 members (excludes halogenated alkanes) is 2. The second-order valence-corrected chi connectivity index (χ2v) is 23.4. The highest BCUT2D eigenvalue weighted by Crippen LogP contribution is 2.49. The van der Waals surface area contributed by atoms with Crippen molar-refractivity contribution >= 4 is 63.5 Å². The molecule has 0 saturated carbocycles. The fraction of sp³-hybridized carbons (Fsp3) is 0.378. The first-order chi connectivity index (χ1) is 30.6. The van der Waals surface area contributed by atoms with E-state index in [-0.39, 0.29) is 40.5 Å². The smallest absolute Gasteiger partial charge is 0.335 e.